The molecule has 0 saturated heterocycles. The van der Waals surface area contributed by atoms with Crippen LogP contribution in [0, 0.1) is 6.92 Å². The summed E-state index contributed by atoms with van der Waals surface area (Å²) in [5, 5.41) is 1.15. The van der Waals surface area contributed by atoms with Crippen LogP contribution < -0.4 is 5.73 Å². The van der Waals surface area contributed by atoms with E-state index in [9.17, 15) is 0 Å². The average molecular weight is 251 g/mol. The molecule has 0 fully saturated rings. The Labute approximate surface area is 112 Å². The highest BCUT2D eigenvalue weighted by Crippen LogP contribution is 2.20. The molecular weight excluding hydrogens is 234 g/mol. The molecule has 1 aromatic carbocycles. The molecule has 19 heavy (non-hydrogen) atoms. The van der Waals surface area contributed by atoms with Gasteiger partial charge in [0.25, 0.3) is 0 Å². The Bertz CT molecular complexity index is 713. The van der Waals surface area contributed by atoms with Gasteiger partial charge in [0, 0.05) is 30.9 Å². The molecule has 0 bridgehead atoms. The Morgan fingerprint density at radius 2 is 1.95 bits per heavy atom. The van der Waals surface area contributed by atoms with Crippen LogP contribution in [0.5, 0.6) is 0 Å². The second-order valence-corrected chi connectivity index (χ2v) is 4.79. The third-order valence-corrected chi connectivity index (χ3v) is 3.54. The zero-order valence-corrected chi connectivity index (χ0v) is 11.0. The molecule has 3 rings (SSSR count). The summed E-state index contributed by atoms with van der Waals surface area (Å²) in [7, 11) is 0. The first-order valence-corrected chi connectivity index (χ1v) is 6.47. The summed E-state index contributed by atoms with van der Waals surface area (Å²) in [5.74, 6) is 0. The molecule has 0 aliphatic rings. The fourth-order valence-corrected chi connectivity index (χ4v) is 2.45. The van der Waals surface area contributed by atoms with Crippen LogP contribution in [-0.2, 0) is 13.1 Å². The summed E-state index contributed by atoms with van der Waals surface area (Å²) < 4.78 is 2.18. The lowest BCUT2D eigenvalue weighted by molar-refractivity contribution is 0.813. The second kappa shape index (κ2) is 4.86. The van der Waals surface area contributed by atoms with Crippen LogP contribution in [0.1, 0.15) is 16.7 Å². The van der Waals surface area contributed by atoms with Crippen molar-refractivity contribution in [3.8, 4) is 0 Å². The maximum atomic E-state index is 5.81. The van der Waals surface area contributed by atoms with Crippen LogP contribution in [0.3, 0.4) is 0 Å². The van der Waals surface area contributed by atoms with Gasteiger partial charge in [-0.15, -0.1) is 0 Å². The number of hydrogen-bond donors (Lipinski definition) is 1. The standard InChI is InChI=1S/C16H17N3/c1-12-5-2-3-6-13(12)10-19-11-14(9-17)15-7-4-8-18-16(15)19/h2-8,11H,9-10,17H2,1H3. The highest BCUT2D eigenvalue weighted by atomic mass is 15.0. The lowest BCUT2D eigenvalue weighted by atomic mass is 10.1. The molecule has 0 amide bonds. The van der Waals surface area contributed by atoms with Crippen molar-refractivity contribution in [1.29, 1.82) is 0 Å². The van der Waals surface area contributed by atoms with E-state index in [0.717, 1.165) is 23.1 Å². The van der Waals surface area contributed by atoms with Gasteiger partial charge in [0.15, 0.2) is 0 Å². The van der Waals surface area contributed by atoms with Crippen LogP contribution in [0.25, 0.3) is 11.0 Å². The van der Waals surface area contributed by atoms with Gasteiger partial charge >= 0.3 is 0 Å². The molecule has 3 heteroatoms. The van der Waals surface area contributed by atoms with Crippen molar-refractivity contribution in [2.75, 3.05) is 0 Å². The van der Waals surface area contributed by atoms with Crippen molar-refractivity contribution in [3.63, 3.8) is 0 Å². The number of pyridine rings is 1. The van der Waals surface area contributed by atoms with Gasteiger partial charge in [0.1, 0.15) is 5.65 Å². The first-order chi connectivity index (χ1) is 9.29. The Kier molecular flexibility index (Phi) is 3.05. The predicted molar refractivity (Wildman–Crippen MR) is 77.9 cm³/mol. The van der Waals surface area contributed by atoms with Crippen LogP contribution in [0.4, 0.5) is 0 Å². The molecule has 2 aromatic heterocycles. The number of rotatable bonds is 3. The topological polar surface area (TPSA) is 43.8 Å². The van der Waals surface area contributed by atoms with E-state index in [1.165, 1.54) is 11.1 Å². The lowest BCUT2D eigenvalue weighted by Gasteiger charge is -2.07. The minimum Gasteiger partial charge on any atom is -0.328 e. The molecule has 2 heterocycles. The number of benzene rings is 1. The quantitative estimate of drug-likeness (QED) is 0.778. The number of fused-ring (bicyclic) bond motifs is 1. The predicted octanol–water partition coefficient (Wildman–Crippen LogP) is 2.85. The molecule has 0 saturated carbocycles. The molecule has 96 valence electrons. The SMILES string of the molecule is Cc1ccccc1Cn1cc(CN)c2cccnc21. The van der Waals surface area contributed by atoms with Gasteiger partial charge in [-0.2, -0.15) is 0 Å². The molecule has 0 aliphatic heterocycles. The van der Waals surface area contributed by atoms with E-state index in [1.54, 1.807) is 0 Å². The Hall–Kier alpha value is -2.13. The highest BCUT2D eigenvalue weighted by molar-refractivity contribution is 5.80. The van der Waals surface area contributed by atoms with Gasteiger partial charge in [-0.05, 0) is 35.7 Å². The van der Waals surface area contributed by atoms with Gasteiger partial charge in [-0.25, -0.2) is 4.98 Å². The summed E-state index contributed by atoms with van der Waals surface area (Å²) >= 11 is 0. The lowest BCUT2D eigenvalue weighted by Crippen LogP contribution is -2.01. The van der Waals surface area contributed by atoms with E-state index in [0.29, 0.717) is 6.54 Å². The molecule has 0 spiro atoms. The van der Waals surface area contributed by atoms with Crippen molar-refractivity contribution in [1.82, 2.24) is 9.55 Å². The second-order valence-electron chi connectivity index (χ2n) is 4.79. The van der Waals surface area contributed by atoms with Crippen molar-refractivity contribution in [3.05, 3.63) is 65.5 Å². The largest absolute Gasteiger partial charge is 0.328 e. The Balaban J connectivity index is 2.09. The van der Waals surface area contributed by atoms with E-state index >= 15 is 0 Å². The third kappa shape index (κ3) is 2.13. The molecule has 3 nitrogen and oxygen atoms in total. The van der Waals surface area contributed by atoms with Crippen molar-refractivity contribution in [2.24, 2.45) is 5.73 Å². The van der Waals surface area contributed by atoms with E-state index in [4.69, 9.17) is 5.73 Å². The van der Waals surface area contributed by atoms with Gasteiger partial charge in [-0.3, -0.25) is 0 Å². The minimum atomic E-state index is 0.545. The van der Waals surface area contributed by atoms with Crippen molar-refractivity contribution >= 4 is 11.0 Å². The normalized spacial score (nSPS) is 11.1. The number of aromatic nitrogens is 2. The van der Waals surface area contributed by atoms with E-state index in [2.05, 4.69) is 53.0 Å². The van der Waals surface area contributed by atoms with Crippen LogP contribution in [0.2, 0.25) is 0 Å². The molecule has 2 N–H and O–H groups in total. The van der Waals surface area contributed by atoms with Crippen molar-refractivity contribution < 1.29 is 0 Å². The third-order valence-electron chi connectivity index (χ3n) is 3.54. The average Bonchev–Trinajstić information content (AvgIpc) is 2.80. The van der Waals surface area contributed by atoms with Gasteiger partial charge in [0.2, 0.25) is 0 Å². The van der Waals surface area contributed by atoms with Crippen molar-refractivity contribution in [2.45, 2.75) is 20.0 Å². The van der Waals surface area contributed by atoms with Gasteiger partial charge in [-0.1, -0.05) is 24.3 Å². The molecular formula is C16H17N3. The molecule has 0 radical (unpaired) electrons. The first kappa shape index (κ1) is 11.9. The van der Waals surface area contributed by atoms with E-state index in [1.807, 2.05) is 12.3 Å². The number of aryl methyl sites for hydroxylation is 1. The highest BCUT2D eigenvalue weighted by Gasteiger charge is 2.08. The molecule has 0 unspecified atom stereocenters. The molecule has 0 atom stereocenters. The summed E-state index contributed by atoms with van der Waals surface area (Å²) in [6.45, 7) is 3.52. The summed E-state index contributed by atoms with van der Waals surface area (Å²) in [5.41, 5.74) is 10.6. The zero-order valence-electron chi connectivity index (χ0n) is 11.0. The Morgan fingerprint density at radius 1 is 1.11 bits per heavy atom. The monoisotopic (exact) mass is 251 g/mol. The van der Waals surface area contributed by atoms with E-state index < -0.39 is 0 Å². The smallest absolute Gasteiger partial charge is 0.140 e. The summed E-state index contributed by atoms with van der Waals surface area (Å²) in [4.78, 5) is 4.48. The summed E-state index contributed by atoms with van der Waals surface area (Å²) in [6.07, 6.45) is 3.95. The number of nitrogens with two attached hydrogens (primary N) is 1. The van der Waals surface area contributed by atoms with E-state index in [-0.39, 0.29) is 0 Å². The Morgan fingerprint density at radius 3 is 2.74 bits per heavy atom. The first-order valence-electron chi connectivity index (χ1n) is 6.47. The fourth-order valence-electron chi connectivity index (χ4n) is 2.45. The maximum absolute atomic E-state index is 5.81. The fraction of sp³-hybridized carbons (Fsp3) is 0.188. The molecule has 3 aromatic rings. The van der Waals surface area contributed by atoms with Crippen LogP contribution in [0.15, 0.2) is 48.8 Å². The number of nitrogens with zero attached hydrogens (tertiary/aromatic N) is 2. The van der Waals surface area contributed by atoms with Gasteiger partial charge < -0.3 is 10.3 Å². The zero-order chi connectivity index (χ0) is 13.2. The van der Waals surface area contributed by atoms with Crippen LogP contribution in [-0.4, -0.2) is 9.55 Å². The molecule has 0 aliphatic carbocycles. The summed E-state index contributed by atoms with van der Waals surface area (Å²) in [6, 6.07) is 12.5. The van der Waals surface area contributed by atoms with Crippen LogP contribution >= 0.6 is 0 Å². The number of hydrogen-bond acceptors (Lipinski definition) is 2. The maximum Gasteiger partial charge on any atom is 0.140 e. The van der Waals surface area contributed by atoms with Gasteiger partial charge in [0.05, 0.1) is 0 Å². The minimum absolute atomic E-state index is 0.545.